The molecule has 0 saturated heterocycles. The Morgan fingerprint density at radius 2 is 1.93 bits per heavy atom. The highest BCUT2D eigenvalue weighted by Crippen LogP contribution is 2.39. The summed E-state index contributed by atoms with van der Waals surface area (Å²) in [7, 11) is 0. The normalized spacial score (nSPS) is 11.9. The molecule has 0 fully saturated rings. The number of fused-ring (bicyclic) bond motifs is 1. The number of carboxylic acids is 1. The van der Waals surface area contributed by atoms with E-state index in [-0.39, 0.29) is 11.3 Å². The number of carbonyl (C=O) groups excluding carboxylic acids is 1. The second-order valence-electron chi connectivity index (χ2n) is 6.46. The molecule has 2 heterocycles. The van der Waals surface area contributed by atoms with Gasteiger partial charge in [0.2, 0.25) is 0 Å². The van der Waals surface area contributed by atoms with Crippen LogP contribution in [0.25, 0.3) is 10.9 Å². The van der Waals surface area contributed by atoms with Gasteiger partial charge in [0.05, 0.1) is 17.2 Å². The number of H-pyrrole nitrogens is 1. The van der Waals surface area contributed by atoms with E-state index in [1.807, 2.05) is 18.2 Å². The molecule has 6 nitrogen and oxygen atoms in total. The predicted octanol–water partition coefficient (Wildman–Crippen LogP) is 2.97. The highest BCUT2D eigenvalue weighted by atomic mass is 35.5. The number of halogens is 1. The number of aromatic amines is 1. The van der Waals surface area contributed by atoms with Crippen molar-refractivity contribution in [3.05, 3.63) is 94.8 Å². The standard InChI is InChI=1S/C22H16ClN3O3/c23-17-12-16(21(27)20-15(17)4-3-11-25-20)19(26-18-5-1-2-10-24-18)13-6-8-14(9-7-13)22(28)29/h1-12,19,27H,(H,24,26)(H,28,29)/t19-/m1/s1. The Balaban J connectivity index is 1.87. The minimum absolute atomic E-state index is 0.00223. The zero-order valence-electron chi connectivity index (χ0n) is 15.1. The van der Waals surface area contributed by atoms with Gasteiger partial charge in [-0.15, -0.1) is 0 Å². The monoisotopic (exact) mass is 405 g/mol. The van der Waals surface area contributed by atoms with Crippen LogP contribution in [0.2, 0.25) is 5.02 Å². The van der Waals surface area contributed by atoms with Crippen LogP contribution < -0.4 is 15.4 Å². The van der Waals surface area contributed by atoms with E-state index in [2.05, 4.69) is 15.3 Å². The van der Waals surface area contributed by atoms with E-state index in [0.717, 1.165) is 5.56 Å². The Morgan fingerprint density at radius 3 is 2.62 bits per heavy atom. The van der Waals surface area contributed by atoms with Crippen molar-refractivity contribution in [1.29, 1.82) is 0 Å². The fourth-order valence-electron chi connectivity index (χ4n) is 3.22. The van der Waals surface area contributed by atoms with Crippen LogP contribution in [-0.2, 0) is 0 Å². The van der Waals surface area contributed by atoms with Crippen LogP contribution in [0.1, 0.15) is 27.5 Å². The van der Waals surface area contributed by atoms with Crippen molar-refractivity contribution >= 4 is 34.3 Å². The molecule has 0 aliphatic heterocycles. The molecule has 1 atom stereocenters. The summed E-state index contributed by atoms with van der Waals surface area (Å²) in [5.74, 6) is -0.543. The Labute approximate surface area is 171 Å². The summed E-state index contributed by atoms with van der Waals surface area (Å²) in [4.78, 5) is 18.5. The number of hydrogen-bond donors (Lipinski definition) is 2. The summed E-state index contributed by atoms with van der Waals surface area (Å²) in [6.45, 7) is 0. The van der Waals surface area contributed by atoms with Crippen LogP contribution in [0.15, 0.2) is 73.1 Å². The zero-order chi connectivity index (χ0) is 20.4. The Kier molecular flexibility index (Phi) is 5.01. The third-order valence-corrected chi connectivity index (χ3v) is 4.96. The number of phenols is 1. The fraction of sp³-hybridized carbons (Fsp3) is 0.0455. The van der Waals surface area contributed by atoms with Crippen LogP contribution in [0, 0.1) is 0 Å². The first-order valence-electron chi connectivity index (χ1n) is 8.85. The van der Waals surface area contributed by atoms with Crippen molar-refractivity contribution in [3.8, 4) is 5.75 Å². The molecule has 4 rings (SSSR count). The van der Waals surface area contributed by atoms with E-state index >= 15 is 0 Å². The third-order valence-electron chi connectivity index (χ3n) is 4.64. The summed E-state index contributed by atoms with van der Waals surface area (Å²) >= 11 is 6.46. The van der Waals surface area contributed by atoms with Crippen LogP contribution in [-0.4, -0.2) is 16.1 Å². The van der Waals surface area contributed by atoms with Gasteiger partial charge in [-0.3, -0.25) is 10.3 Å². The van der Waals surface area contributed by atoms with Crippen LogP contribution in [0.3, 0.4) is 0 Å². The minimum atomic E-state index is -1.25. The number of aromatic hydroxyl groups is 1. The van der Waals surface area contributed by atoms with E-state index in [9.17, 15) is 15.0 Å². The summed E-state index contributed by atoms with van der Waals surface area (Å²) < 4.78 is 0. The van der Waals surface area contributed by atoms with E-state index in [1.54, 1.807) is 42.7 Å². The average molecular weight is 406 g/mol. The van der Waals surface area contributed by atoms with Gasteiger partial charge in [-0.2, -0.15) is 0 Å². The molecule has 0 aliphatic rings. The van der Waals surface area contributed by atoms with Gasteiger partial charge in [0.1, 0.15) is 17.3 Å². The molecule has 0 radical (unpaired) electrons. The van der Waals surface area contributed by atoms with E-state index in [0.29, 0.717) is 27.3 Å². The lowest BCUT2D eigenvalue weighted by atomic mass is 9.95. The quantitative estimate of drug-likeness (QED) is 0.531. The van der Waals surface area contributed by atoms with Crippen LogP contribution >= 0.6 is 11.6 Å². The molecule has 29 heavy (non-hydrogen) atoms. The lowest BCUT2D eigenvalue weighted by molar-refractivity contribution is -0.361. The van der Waals surface area contributed by atoms with E-state index in [1.165, 1.54) is 12.1 Å². The average Bonchev–Trinajstić information content (AvgIpc) is 2.76. The van der Waals surface area contributed by atoms with Gasteiger partial charge in [-0.1, -0.05) is 41.9 Å². The number of benzene rings is 2. The topological polar surface area (TPSA) is 99.4 Å². The van der Waals surface area contributed by atoms with Crippen molar-refractivity contribution in [2.75, 3.05) is 5.32 Å². The van der Waals surface area contributed by atoms with Crippen molar-refractivity contribution in [1.82, 2.24) is 4.98 Å². The van der Waals surface area contributed by atoms with E-state index in [4.69, 9.17) is 11.6 Å². The molecular weight excluding hydrogens is 390 g/mol. The lowest BCUT2D eigenvalue weighted by Gasteiger charge is -2.18. The SMILES string of the molecule is O=C([O-])c1ccc([C@@H](Nc2cccc[nH+]2)c2cc(Cl)c3cccnc3c2O)cc1. The Morgan fingerprint density at radius 1 is 1.14 bits per heavy atom. The van der Waals surface area contributed by atoms with Crippen LogP contribution in [0.5, 0.6) is 5.75 Å². The number of rotatable bonds is 5. The predicted molar refractivity (Wildman–Crippen MR) is 108 cm³/mol. The largest absolute Gasteiger partial charge is 0.545 e. The highest BCUT2D eigenvalue weighted by molar-refractivity contribution is 6.35. The van der Waals surface area contributed by atoms with Gasteiger partial charge in [-0.05, 0) is 29.8 Å². The first-order valence-corrected chi connectivity index (χ1v) is 9.23. The molecule has 2 aromatic carbocycles. The van der Waals surface area contributed by atoms with Crippen molar-refractivity contribution in [3.63, 3.8) is 0 Å². The number of aromatic nitrogens is 2. The lowest BCUT2D eigenvalue weighted by Crippen LogP contribution is -2.22. The number of carboxylic acid groups (broad SMARTS) is 1. The highest BCUT2D eigenvalue weighted by Gasteiger charge is 2.25. The maximum atomic E-state index is 11.1. The number of phenolic OH excluding ortho intramolecular Hbond substituents is 1. The smallest absolute Gasteiger partial charge is 0.272 e. The molecule has 144 valence electrons. The summed E-state index contributed by atoms with van der Waals surface area (Å²) in [6.07, 6.45) is 3.36. The number of carbonyl (C=O) groups is 1. The molecule has 7 heteroatoms. The number of pyridine rings is 2. The van der Waals surface area contributed by atoms with Gasteiger partial charge in [0.15, 0.2) is 0 Å². The second-order valence-corrected chi connectivity index (χ2v) is 6.87. The number of aromatic carboxylic acids is 1. The number of nitrogens with zero attached hydrogens (tertiary/aromatic N) is 1. The summed E-state index contributed by atoms with van der Waals surface area (Å²) in [5, 5.41) is 26.5. The molecule has 0 unspecified atom stereocenters. The van der Waals surface area contributed by atoms with Crippen molar-refractivity contribution in [2.24, 2.45) is 0 Å². The Hall–Kier alpha value is -3.64. The van der Waals surface area contributed by atoms with Crippen molar-refractivity contribution in [2.45, 2.75) is 6.04 Å². The molecule has 4 aromatic rings. The maximum Gasteiger partial charge on any atom is 0.272 e. The number of nitrogens with one attached hydrogen (secondary N) is 2. The Bertz CT molecular complexity index is 1180. The first-order chi connectivity index (χ1) is 14.0. The molecule has 3 N–H and O–H groups in total. The van der Waals surface area contributed by atoms with Gasteiger partial charge >= 0.3 is 0 Å². The molecule has 0 saturated carbocycles. The molecule has 2 aromatic heterocycles. The fourth-order valence-corrected chi connectivity index (χ4v) is 3.49. The summed E-state index contributed by atoms with van der Waals surface area (Å²) in [6, 6.07) is 16.5. The summed E-state index contributed by atoms with van der Waals surface area (Å²) in [5.41, 5.74) is 1.71. The number of anilines is 1. The molecule has 0 amide bonds. The van der Waals surface area contributed by atoms with Gasteiger partial charge < -0.3 is 15.0 Å². The van der Waals surface area contributed by atoms with E-state index < -0.39 is 12.0 Å². The first kappa shape index (κ1) is 18.7. The second kappa shape index (κ2) is 7.77. The van der Waals surface area contributed by atoms with Crippen molar-refractivity contribution < 1.29 is 20.0 Å². The molecule has 0 aliphatic carbocycles. The van der Waals surface area contributed by atoms with Crippen LogP contribution in [0.4, 0.5) is 5.82 Å². The zero-order valence-corrected chi connectivity index (χ0v) is 15.9. The maximum absolute atomic E-state index is 11.1. The van der Waals surface area contributed by atoms with Gasteiger partial charge in [0.25, 0.3) is 5.82 Å². The minimum Gasteiger partial charge on any atom is -0.545 e. The molecule has 0 spiro atoms. The van der Waals surface area contributed by atoms with Gasteiger partial charge in [0, 0.05) is 28.8 Å². The molecular formula is C22H16ClN3O3. The number of hydrogen-bond acceptors (Lipinski definition) is 5. The van der Waals surface area contributed by atoms with Gasteiger partial charge in [-0.25, -0.2) is 4.98 Å². The third kappa shape index (κ3) is 3.70. The molecule has 0 bridgehead atoms.